The molecule has 0 atom stereocenters. The Bertz CT molecular complexity index is 1370. The third-order valence-electron chi connectivity index (χ3n) is 5.76. The highest BCUT2D eigenvalue weighted by Crippen LogP contribution is 2.40. The zero-order valence-electron chi connectivity index (χ0n) is 16.1. The van der Waals surface area contributed by atoms with Crippen LogP contribution in [0.25, 0.3) is 32.9 Å². The monoisotopic (exact) mass is 373 g/mol. The van der Waals surface area contributed by atoms with Crippen molar-refractivity contribution >= 4 is 39.1 Å². The number of rotatable bonds is 0. The predicted octanol–water partition coefficient (Wildman–Crippen LogP) is 6.45. The molecule has 0 saturated carbocycles. The molecule has 0 spiro atoms. The second kappa shape index (κ2) is 6.08. The van der Waals surface area contributed by atoms with Crippen LogP contribution in [-0.2, 0) is 0 Å². The van der Waals surface area contributed by atoms with Crippen LogP contribution in [-0.4, -0.2) is 17.6 Å². The fourth-order valence-electron chi connectivity index (χ4n) is 4.42. The Hall–Kier alpha value is -3.85. The van der Waals surface area contributed by atoms with E-state index in [-0.39, 0.29) is 0 Å². The Morgan fingerprint density at radius 3 is 1.86 bits per heavy atom. The summed E-state index contributed by atoms with van der Waals surface area (Å²) in [7, 11) is 2.10. The number of benzene rings is 4. The molecule has 0 amide bonds. The van der Waals surface area contributed by atoms with Crippen molar-refractivity contribution in [2.24, 2.45) is 4.99 Å². The maximum Gasteiger partial charge on any atom is 0.215 e. The predicted molar refractivity (Wildman–Crippen MR) is 122 cm³/mol. The summed E-state index contributed by atoms with van der Waals surface area (Å²) in [5.41, 5.74) is 6.82. The number of aliphatic imine (C=N–C) groups is 1. The Labute approximate surface area is 169 Å². The highest BCUT2D eigenvalue weighted by atomic mass is 15.3. The van der Waals surface area contributed by atoms with Crippen LogP contribution in [0.15, 0.2) is 102 Å². The van der Waals surface area contributed by atoms with Crippen molar-refractivity contribution in [3.8, 4) is 11.1 Å². The van der Waals surface area contributed by atoms with E-state index in [1.165, 1.54) is 16.3 Å². The van der Waals surface area contributed by atoms with Crippen LogP contribution in [0.4, 0.5) is 11.4 Å². The van der Waals surface area contributed by atoms with Crippen molar-refractivity contribution < 1.29 is 0 Å². The normalized spacial score (nSPS) is 13.1. The Kier molecular flexibility index (Phi) is 3.38. The smallest absolute Gasteiger partial charge is 0.215 e. The molecule has 5 aromatic rings. The fraction of sp³-hybridized carbons (Fsp3) is 0.0385. The summed E-state index contributed by atoms with van der Waals surface area (Å²) in [6.45, 7) is 0. The molecule has 0 saturated heterocycles. The first-order valence-electron chi connectivity index (χ1n) is 9.82. The van der Waals surface area contributed by atoms with Gasteiger partial charge in [0.25, 0.3) is 0 Å². The third-order valence-corrected chi connectivity index (χ3v) is 5.76. The van der Waals surface area contributed by atoms with E-state index in [2.05, 4.69) is 114 Å². The topological polar surface area (TPSA) is 20.5 Å². The van der Waals surface area contributed by atoms with E-state index in [9.17, 15) is 0 Å². The number of hydrogen-bond acceptors (Lipinski definition) is 2. The molecular weight excluding hydrogens is 354 g/mol. The lowest BCUT2D eigenvalue weighted by Crippen LogP contribution is -2.32. The molecule has 1 aliphatic heterocycles. The quantitative estimate of drug-likeness (QED) is 0.306. The number of anilines is 1. The molecular formula is C26H19N3. The Morgan fingerprint density at radius 1 is 0.586 bits per heavy atom. The number of hydrogen-bond donors (Lipinski definition) is 0. The van der Waals surface area contributed by atoms with Gasteiger partial charge >= 0.3 is 0 Å². The number of para-hydroxylation sites is 4. The van der Waals surface area contributed by atoms with Gasteiger partial charge in [-0.3, -0.25) is 4.57 Å². The van der Waals surface area contributed by atoms with Crippen LogP contribution < -0.4 is 4.90 Å². The van der Waals surface area contributed by atoms with Crippen molar-refractivity contribution in [3.63, 3.8) is 0 Å². The molecule has 4 aromatic carbocycles. The van der Waals surface area contributed by atoms with E-state index >= 15 is 0 Å². The zero-order valence-corrected chi connectivity index (χ0v) is 16.1. The average Bonchev–Trinajstić information content (AvgIpc) is 3.05. The van der Waals surface area contributed by atoms with Crippen molar-refractivity contribution in [1.29, 1.82) is 0 Å². The highest BCUT2D eigenvalue weighted by Gasteiger charge is 2.24. The second-order valence-electron chi connectivity index (χ2n) is 7.37. The number of nitrogens with zero attached hydrogens (tertiary/aromatic N) is 3. The van der Waals surface area contributed by atoms with E-state index in [4.69, 9.17) is 4.99 Å². The SMILES string of the molecule is CN1C(n2c3ccccc3c3ccccc32)=Nc2ccccc2-c2ccccc21. The molecule has 0 bridgehead atoms. The standard InChI is InChI=1S/C26H19N3/c1-28-23-15-7-3-11-19(23)18-10-2-6-14-22(18)27-26(28)29-24-16-8-4-12-20(24)21-13-5-9-17-25(21)29/h2-17H,1H3. The molecule has 0 unspecified atom stereocenters. The van der Waals surface area contributed by atoms with Gasteiger partial charge < -0.3 is 4.90 Å². The van der Waals surface area contributed by atoms with Gasteiger partial charge in [-0.15, -0.1) is 0 Å². The fourth-order valence-corrected chi connectivity index (χ4v) is 4.42. The van der Waals surface area contributed by atoms with E-state index in [1.54, 1.807) is 0 Å². The number of fused-ring (bicyclic) bond motifs is 6. The van der Waals surface area contributed by atoms with Gasteiger partial charge in [-0.25, -0.2) is 4.99 Å². The van der Waals surface area contributed by atoms with E-state index in [0.717, 1.165) is 33.9 Å². The van der Waals surface area contributed by atoms with Crippen LogP contribution in [0.3, 0.4) is 0 Å². The van der Waals surface area contributed by atoms with Gasteiger partial charge in [-0.1, -0.05) is 72.8 Å². The highest BCUT2D eigenvalue weighted by molar-refractivity contribution is 6.18. The summed E-state index contributed by atoms with van der Waals surface area (Å²) >= 11 is 0. The molecule has 1 aliphatic rings. The summed E-state index contributed by atoms with van der Waals surface area (Å²) in [5, 5.41) is 2.48. The molecule has 6 rings (SSSR count). The summed E-state index contributed by atoms with van der Waals surface area (Å²) in [4.78, 5) is 7.39. The van der Waals surface area contributed by atoms with Crippen LogP contribution in [0, 0.1) is 0 Å². The first-order chi connectivity index (χ1) is 14.3. The third kappa shape index (κ3) is 2.28. The van der Waals surface area contributed by atoms with Crippen molar-refractivity contribution in [3.05, 3.63) is 97.1 Å². The number of aromatic nitrogens is 1. The molecule has 0 aliphatic carbocycles. The van der Waals surface area contributed by atoms with Gasteiger partial charge in [0.2, 0.25) is 5.96 Å². The lowest BCUT2D eigenvalue weighted by molar-refractivity contribution is 1.13. The minimum Gasteiger partial charge on any atom is -0.314 e. The largest absolute Gasteiger partial charge is 0.314 e. The van der Waals surface area contributed by atoms with Gasteiger partial charge in [0, 0.05) is 28.9 Å². The van der Waals surface area contributed by atoms with Gasteiger partial charge in [0.05, 0.1) is 22.4 Å². The van der Waals surface area contributed by atoms with Crippen LogP contribution in [0.5, 0.6) is 0 Å². The zero-order chi connectivity index (χ0) is 19.4. The minimum absolute atomic E-state index is 0.903. The average molecular weight is 373 g/mol. The molecule has 2 heterocycles. The van der Waals surface area contributed by atoms with Crippen molar-refractivity contribution in [1.82, 2.24) is 4.57 Å². The first kappa shape index (κ1) is 16.1. The lowest BCUT2D eigenvalue weighted by atomic mass is 10.0. The van der Waals surface area contributed by atoms with Crippen LogP contribution in [0.2, 0.25) is 0 Å². The maximum atomic E-state index is 5.18. The van der Waals surface area contributed by atoms with Gasteiger partial charge in [-0.05, 0) is 24.3 Å². The molecule has 0 N–H and O–H groups in total. The maximum absolute atomic E-state index is 5.18. The van der Waals surface area contributed by atoms with Gasteiger partial charge in [0.15, 0.2) is 0 Å². The van der Waals surface area contributed by atoms with Crippen molar-refractivity contribution in [2.45, 2.75) is 0 Å². The first-order valence-corrected chi connectivity index (χ1v) is 9.82. The molecule has 3 heteroatoms. The van der Waals surface area contributed by atoms with Crippen LogP contribution in [0.1, 0.15) is 0 Å². The molecule has 29 heavy (non-hydrogen) atoms. The molecule has 0 fully saturated rings. The molecule has 0 radical (unpaired) electrons. The summed E-state index contributed by atoms with van der Waals surface area (Å²) in [6, 6.07) is 34.0. The van der Waals surface area contributed by atoms with Gasteiger partial charge in [-0.2, -0.15) is 0 Å². The summed E-state index contributed by atoms with van der Waals surface area (Å²) < 4.78 is 2.28. The second-order valence-corrected chi connectivity index (χ2v) is 7.37. The van der Waals surface area contributed by atoms with E-state index < -0.39 is 0 Å². The van der Waals surface area contributed by atoms with E-state index in [1.807, 2.05) is 0 Å². The molecule has 1 aromatic heterocycles. The molecule has 138 valence electrons. The molecule has 3 nitrogen and oxygen atoms in total. The van der Waals surface area contributed by atoms with Gasteiger partial charge in [0.1, 0.15) is 0 Å². The van der Waals surface area contributed by atoms with Crippen molar-refractivity contribution in [2.75, 3.05) is 11.9 Å². The van der Waals surface area contributed by atoms with Crippen LogP contribution >= 0.6 is 0 Å². The summed E-state index contributed by atoms with van der Waals surface area (Å²) in [6.07, 6.45) is 0. The summed E-state index contributed by atoms with van der Waals surface area (Å²) in [5.74, 6) is 0.903. The Balaban J connectivity index is 1.75. The Morgan fingerprint density at radius 2 is 1.14 bits per heavy atom. The minimum atomic E-state index is 0.903. The van der Waals surface area contributed by atoms with E-state index in [0.29, 0.717) is 0 Å². The lowest BCUT2D eigenvalue weighted by Gasteiger charge is -2.23.